The quantitative estimate of drug-likeness (QED) is 0.245. The largest absolute Gasteiger partial charge is 0.326 e. The Balaban J connectivity index is 1.48. The number of benzene rings is 5. The van der Waals surface area contributed by atoms with E-state index in [9.17, 15) is 4.79 Å². The van der Waals surface area contributed by atoms with Crippen LogP contribution in [0.3, 0.4) is 0 Å². The van der Waals surface area contributed by atoms with Crippen LogP contribution in [-0.2, 0) is 0 Å². The zero-order valence-corrected chi connectivity index (χ0v) is 18.0. The van der Waals surface area contributed by atoms with Gasteiger partial charge in [0, 0.05) is 29.2 Å². The molecule has 0 aliphatic carbocycles. The van der Waals surface area contributed by atoms with Crippen molar-refractivity contribution < 1.29 is 4.79 Å². The molecule has 0 atom stereocenters. The zero-order chi connectivity index (χ0) is 22.4. The molecule has 0 fully saturated rings. The molecule has 33 heavy (non-hydrogen) atoms. The van der Waals surface area contributed by atoms with Gasteiger partial charge in [-0.3, -0.25) is 4.90 Å². The van der Waals surface area contributed by atoms with Crippen molar-refractivity contribution >= 4 is 61.0 Å². The number of hydrogen-bond donors (Lipinski definition) is 1. The predicted octanol–water partition coefficient (Wildman–Crippen LogP) is 6.76. The van der Waals surface area contributed by atoms with E-state index in [4.69, 9.17) is 9.97 Å². The molecular formula is C28H20N4O. The molecule has 6 rings (SSSR count). The van der Waals surface area contributed by atoms with Gasteiger partial charge in [0.15, 0.2) is 0 Å². The number of urea groups is 1. The van der Waals surface area contributed by atoms with Crippen molar-refractivity contribution in [1.29, 1.82) is 0 Å². The summed E-state index contributed by atoms with van der Waals surface area (Å²) in [4.78, 5) is 24.3. The Morgan fingerprint density at radius 1 is 0.667 bits per heavy atom. The van der Waals surface area contributed by atoms with Gasteiger partial charge in [0.2, 0.25) is 0 Å². The Morgan fingerprint density at radius 3 is 1.85 bits per heavy atom. The van der Waals surface area contributed by atoms with Gasteiger partial charge in [0.05, 0.1) is 22.1 Å². The summed E-state index contributed by atoms with van der Waals surface area (Å²) in [6.07, 6.45) is 0. The van der Waals surface area contributed by atoms with Gasteiger partial charge in [-0.05, 0) is 41.1 Å². The van der Waals surface area contributed by atoms with Crippen LogP contribution in [0.5, 0.6) is 0 Å². The summed E-state index contributed by atoms with van der Waals surface area (Å²) in [6.45, 7) is 0. The number of anilines is 2. The van der Waals surface area contributed by atoms with Crippen LogP contribution in [-0.4, -0.2) is 23.0 Å². The maximum atomic E-state index is 12.8. The molecule has 1 heterocycles. The Hall–Kier alpha value is -4.51. The van der Waals surface area contributed by atoms with Crippen molar-refractivity contribution in [3.05, 3.63) is 97.1 Å². The highest BCUT2D eigenvalue weighted by molar-refractivity contribution is 6.23. The molecule has 0 spiro atoms. The molecule has 0 bridgehead atoms. The minimum Gasteiger partial charge on any atom is -0.307 e. The van der Waals surface area contributed by atoms with Crippen LogP contribution < -0.4 is 10.2 Å². The van der Waals surface area contributed by atoms with E-state index in [1.54, 1.807) is 11.9 Å². The molecule has 0 unspecified atom stereocenters. The van der Waals surface area contributed by atoms with Crippen LogP contribution in [0, 0.1) is 0 Å². The SMILES string of the molecule is CN(C(=O)Nc1ccc2nc3c4ccccc4c4ccccc4c3nc2c1)c1ccccc1. The molecule has 1 aromatic heterocycles. The lowest BCUT2D eigenvalue weighted by Gasteiger charge is -2.18. The van der Waals surface area contributed by atoms with E-state index in [0.717, 1.165) is 43.9 Å². The number of fused-ring (bicyclic) bond motifs is 7. The van der Waals surface area contributed by atoms with Crippen molar-refractivity contribution in [2.75, 3.05) is 17.3 Å². The van der Waals surface area contributed by atoms with Crippen LogP contribution in [0.4, 0.5) is 16.2 Å². The van der Waals surface area contributed by atoms with Crippen molar-refractivity contribution in [3.63, 3.8) is 0 Å². The molecule has 0 saturated heterocycles. The first-order valence-electron chi connectivity index (χ1n) is 10.8. The van der Waals surface area contributed by atoms with E-state index in [1.165, 1.54) is 5.39 Å². The molecule has 5 aromatic carbocycles. The number of amides is 2. The number of carbonyl (C=O) groups excluding carboxylic acids is 1. The van der Waals surface area contributed by atoms with Crippen LogP contribution >= 0.6 is 0 Å². The number of para-hydroxylation sites is 1. The summed E-state index contributed by atoms with van der Waals surface area (Å²) >= 11 is 0. The molecule has 0 aliphatic rings. The standard InChI is InChI=1S/C28H20N4O/c1-32(19-9-3-2-4-10-19)28(33)29-18-15-16-24-25(17-18)31-27-23-14-8-6-12-21(23)20-11-5-7-13-22(20)26(27)30-24/h2-17H,1H3,(H,29,33). The molecule has 2 amide bonds. The normalized spacial score (nSPS) is 11.3. The van der Waals surface area contributed by atoms with E-state index in [1.807, 2.05) is 66.7 Å². The second kappa shape index (κ2) is 7.57. The number of rotatable bonds is 2. The van der Waals surface area contributed by atoms with Crippen molar-refractivity contribution in [1.82, 2.24) is 9.97 Å². The average Bonchev–Trinajstić information content (AvgIpc) is 2.88. The fourth-order valence-electron chi connectivity index (χ4n) is 4.33. The molecule has 0 radical (unpaired) electrons. The summed E-state index contributed by atoms with van der Waals surface area (Å²) in [6, 6.07) is 31.6. The van der Waals surface area contributed by atoms with Gasteiger partial charge >= 0.3 is 6.03 Å². The molecule has 0 aliphatic heterocycles. The van der Waals surface area contributed by atoms with Crippen LogP contribution in [0.25, 0.3) is 43.6 Å². The molecule has 1 N–H and O–H groups in total. The molecule has 5 nitrogen and oxygen atoms in total. The topological polar surface area (TPSA) is 58.1 Å². The predicted molar refractivity (Wildman–Crippen MR) is 136 cm³/mol. The van der Waals surface area contributed by atoms with Crippen molar-refractivity contribution in [2.45, 2.75) is 0 Å². The number of hydrogen-bond acceptors (Lipinski definition) is 3. The van der Waals surface area contributed by atoms with E-state index in [-0.39, 0.29) is 6.03 Å². The first-order chi connectivity index (χ1) is 16.2. The Bertz CT molecular complexity index is 1680. The summed E-state index contributed by atoms with van der Waals surface area (Å²) < 4.78 is 0. The summed E-state index contributed by atoms with van der Waals surface area (Å²) in [7, 11) is 1.75. The van der Waals surface area contributed by atoms with Crippen LogP contribution in [0.2, 0.25) is 0 Å². The second-order valence-electron chi connectivity index (χ2n) is 8.04. The maximum absolute atomic E-state index is 12.8. The number of aromatic nitrogens is 2. The first kappa shape index (κ1) is 19.2. The van der Waals surface area contributed by atoms with Gasteiger partial charge in [0.25, 0.3) is 0 Å². The van der Waals surface area contributed by atoms with Gasteiger partial charge in [0.1, 0.15) is 0 Å². The zero-order valence-electron chi connectivity index (χ0n) is 18.0. The Morgan fingerprint density at radius 2 is 1.21 bits per heavy atom. The maximum Gasteiger partial charge on any atom is 0.326 e. The number of carbonyl (C=O) groups is 1. The Kier molecular flexibility index (Phi) is 4.40. The minimum atomic E-state index is -0.217. The number of nitrogens with zero attached hydrogens (tertiary/aromatic N) is 3. The molecule has 6 aromatic rings. The lowest BCUT2D eigenvalue weighted by atomic mass is 9.99. The lowest BCUT2D eigenvalue weighted by molar-refractivity contribution is 0.258. The third kappa shape index (κ3) is 3.22. The fourth-order valence-corrected chi connectivity index (χ4v) is 4.33. The van der Waals surface area contributed by atoms with Crippen LogP contribution in [0.15, 0.2) is 97.1 Å². The van der Waals surface area contributed by atoms with E-state index in [2.05, 4.69) is 35.6 Å². The van der Waals surface area contributed by atoms with Gasteiger partial charge in [-0.15, -0.1) is 0 Å². The second-order valence-corrected chi connectivity index (χ2v) is 8.04. The van der Waals surface area contributed by atoms with Crippen molar-refractivity contribution in [3.8, 4) is 0 Å². The van der Waals surface area contributed by atoms with E-state index < -0.39 is 0 Å². The summed E-state index contributed by atoms with van der Waals surface area (Å²) in [5.41, 5.74) is 4.77. The number of nitrogens with one attached hydrogen (secondary N) is 1. The van der Waals surface area contributed by atoms with Gasteiger partial charge in [-0.1, -0.05) is 66.7 Å². The molecular weight excluding hydrogens is 408 g/mol. The lowest BCUT2D eigenvalue weighted by Crippen LogP contribution is -2.31. The molecule has 158 valence electrons. The minimum absolute atomic E-state index is 0.217. The van der Waals surface area contributed by atoms with Gasteiger partial charge < -0.3 is 5.32 Å². The van der Waals surface area contributed by atoms with E-state index in [0.29, 0.717) is 5.69 Å². The molecule has 0 saturated carbocycles. The third-order valence-corrected chi connectivity index (χ3v) is 6.02. The van der Waals surface area contributed by atoms with Gasteiger partial charge in [-0.2, -0.15) is 0 Å². The monoisotopic (exact) mass is 428 g/mol. The highest BCUT2D eigenvalue weighted by Crippen LogP contribution is 2.34. The van der Waals surface area contributed by atoms with Gasteiger partial charge in [-0.25, -0.2) is 14.8 Å². The third-order valence-electron chi connectivity index (χ3n) is 6.02. The smallest absolute Gasteiger partial charge is 0.307 e. The molecule has 5 heteroatoms. The summed E-state index contributed by atoms with van der Waals surface area (Å²) in [5, 5.41) is 7.44. The van der Waals surface area contributed by atoms with Crippen molar-refractivity contribution in [2.24, 2.45) is 0 Å². The van der Waals surface area contributed by atoms with Crippen LogP contribution in [0.1, 0.15) is 0 Å². The average molecular weight is 428 g/mol. The first-order valence-corrected chi connectivity index (χ1v) is 10.8. The summed E-state index contributed by atoms with van der Waals surface area (Å²) in [5.74, 6) is 0. The fraction of sp³-hybridized carbons (Fsp3) is 0.0357. The highest BCUT2D eigenvalue weighted by Gasteiger charge is 2.14. The Labute approximate surface area is 190 Å². The van der Waals surface area contributed by atoms with E-state index >= 15 is 0 Å². The highest BCUT2D eigenvalue weighted by atomic mass is 16.2.